The second-order valence-electron chi connectivity index (χ2n) is 6.78. The lowest BCUT2D eigenvalue weighted by Gasteiger charge is -2.30. The van der Waals surface area contributed by atoms with Crippen LogP contribution >= 0.6 is 0 Å². The monoisotopic (exact) mass is 283 g/mol. The van der Waals surface area contributed by atoms with Crippen molar-refractivity contribution in [2.45, 2.75) is 64.3 Å². The Balaban J connectivity index is 2.14. The van der Waals surface area contributed by atoms with Gasteiger partial charge in [0.15, 0.2) is 0 Å². The van der Waals surface area contributed by atoms with Gasteiger partial charge < -0.3 is 10.1 Å². The first-order chi connectivity index (χ1) is 9.11. The summed E-state index contributed by atoms with van der Waals surface area (Å²) in [4.78, 5) is 0. The van der Waals surface area contributed by atoms with Crippen molar-refractivity contribution in [3.8, 4) is 0 Å². The van der Waals surface area contributed by atoms with Crippen molar-refractivity contribution in [1.82, 2.24) is 5.32 Å². The Morgan fingerprint density at radius 2 is 1.90 bits per heavy atom. The zero-order valence-corrected chi connectivity index (χ0v) is 12.8. The van der Waals surface area contributed by atoms with E-state index in [2.05, 4.69) is 19.2 Å². The standard InChI is InChI=1S/C16H23F2NO/c1-10(12-7-6-11(17)8-13(12)18)19-14-9-15(2,3)20-16(14,4)5/h6-8,10,14,19H,9H2,1-5H3. The SMILES string of the molecule is CC(NC1CC(C)(C)OC1(C)C)c1ccc(F)cc1F. The first kappa shape index (κ1) is 15.4. The molecule has 1 fully saturated rings. The van der Waals surface area contributed by atoms with Crippen molar-refractivity contribution < 1.29 is 13.5 Å². The number of halogens is 2. The summed E-state index contributed by atoms with van der Waals surface area (Å²) >= 11 is 0. The van der Waals surface area contributed by atoms with E-state index in [1.807, 2.05) is 20.8 Å². The molecule has 112 valence electrons. The molecule has 1 aliphatic heterocycles. The van der Waals surface area contributed by atoms with Gasteiger partial charge in [0, 0.05) is 23.7 Å². The molecule has 0 bridgehead atoms. The molecule has 0 aliphatic carbocycles. The number of hydrogen-bond donors (Lipinski definition) is 1. The highest BCUT2D eigenvalue weighted by atomic mass is 19.1. The van der Waals surface area contributed by atoms with Crippen LogP contribution < -0.4 is 5.32 Å². The quantitative estimate of drug-likeness (QED) is 0.906. The maximum atomic E-state index is 13.8. The van der Waals surface area contributed by atoms with Crippen molar-refractivity contribution in [3.05, 3.63) is 35.4 Å². The lowest BCUT2D eigenvalue weighted by Crippen LogP contribution is -2.44. The fourth-order valence-corrected chi connectivity index (χ4v) is 3.07. The van der Waals surface area contributed by atoms with Crippen LogP contribution in [-0.2, 0) is 4.74 Å². The Kier molecular flexibility index (Phi) is 3.91. The average Bonchev–Trinajstić information content (AvgIpc) is 2.45. The largest absolute Gasteiger partial charge is 0.368 e. The summed E-state index contributed by atoms with van der Waals surface area (Å²) < 4.78 is 32.8. The minimum Gasteiger partial charge on any atom is -0.368 e. The number of nitrogens with one attached hydrogen (secondary N) is 1. The van der Waals surface area contributed by atoms with Crippen LogP contribution in [0.25, 0.3) is 0 Å². The molecule has 1 aliphatic rings. The Morgan fingerprint density at radius 1 is 1.25 bits per heavy atom. The van der Waals surface area contributed by atoms with Crippen LogP contribution in [0.2, 0.25) is 0 Å². The second kappa shape index (κ2) is 5.08. The van der Waals surface area contributed by atoms with Crippen LogP contribution in [-0.4, -0.2) is 17.2 Å². The van der Waals surface area contributed by atoms with Crippen molar-refractivity contribution in [1.29, 1.82) is 0 Å². The highest BCUT2D eigenvalue weighted by molar-refractivity contribution is 5.22. The molecule has 0 radical (unpaired) electrons. The molecule has 2 unspecified atom stereocenters. The molecule has 1 aromatic carbocycles. The number of ether oxygens (including phenoxy) is 1. The molecule has 1 aromatic rings. The molecule has 0 spiro atoms. The molecule has 0 aromatic heterocycles. The molecule has 4 heteroatoms. The van der Waals surface area contributed by atoms with E-state index in [0.717, 1.165) is 12.5 Å². The van der Waals surface area contributed by atoms with Crippen LogP contribution in [0.5, 0.6) is 0 Å². The molecule has 2 atom stereocenters. The van der Waals surface area contributed by atoms with E-state index in [-0.39, 0.29) is 23.3 Å². The van der Waals surface area contributed by atoms with E-state index >= 15 is 0 Å². The molecule has 0 saturated carbocycles. The third kappa shape index (κ3) is 3.18. The van der Waals surface area contributed by atoms with Gasteiger partial charge in [0.05, 0.1) is 11.2 Å². The molecule has 2 nitrogen and oxygen atoms in total. The van der Waals surface area contributed by atoms with Crippen LogP contribution in [0, 0.1) is 11.6 Å². The Labute approximate surface area is 119 Å². The summed E-state index contributed by atoms with van der Waals surface area (Å²) in [6.45, 7) is 10.1. The molecule has 1 saturated heterocycles. The van der Waals surface area contributed by atoms with Crippen LogP contribution in [0.15, 0.2) is 18.2 Å². The average molecular weight is 283 g/mol. The highest BCUT2D eigenvalue weighted by Gasteiger charge is 2.46. The fourth-order valence-electron chi connectivity index (χ4n) is 3.07. The van der Waals surface area contributed by atoms with Gasteiger partial charge in [-0.25, -0.2) is 8.78 Å². The summed E-state index contributed by atoms with van der Waals surface area (Å²) in [7, 11) is 0. The molecule has 0 amide bonds. The van der Waals surface area contributed by atoms with Crippen LogP contribution in [0.4, 0.5) is 8.78 Å². The van der Waals surface area contributed by atoms with Crippen molar-refractivity contribution >= 4 is 0 Å². The highest BCUT2D eigenvalue weighted by Crippen LogP contribution is 2.38. The zero-order chi connectivity index (χ0) is 15.1. The van der Waals surface area contributed by atoms with Gasteiger partial charge in [0.2, 0.25) is 0 Å². The second-order valence-corrected chi connectivity index (χ2v) is 6.78. The summed E-state index contributed by atoms with van der Waals surface area (Å²) in [5.41, 5.74) is -0.0249. The lowest BCUT2D eigenvalue weighted by molar-refractivity contribution is -0.0704. The molecule has 1 heterocycles. The molecule has 2 rings (SSSR count). The van der Waals surface area contributed by atoms with E-state index in [9.17, 15) is 8.78 Å². The fraction of sp³-hybridized carbons (Fsp3) is 0.625. The molecule has 20 heavy (non-hydrogen) atoms. The van der Waals surface area contributed by atoms with Crippen LogP contribution in [0.3, 0.4) is 0 Å². The normalized spacial score (nSPS) is 25.6. The summed E-state index contributed by atoms with van der Waals surface area (Å²) in [5.74, 6) is -1.06. The van der Waals surface area contributed by atoms with E-state index in [0.29, 0.717) is 5.56 Å². The van der Waals surface area contributed by atoms with Gasteiger partial charge in [0.25, 0.3) is 0 Å². The van der Waals surface area contributed by atoms with Gasteiger partial charge in [-0.2, -0.15) is 0 Å². The van der Waals surface area contributed by atoms with Gasteiger partial charge in [0.1, 0.15) is 11.6 Å². The van der Waals surface area contributed by atoms with Crippen LogP contribution in [0.1, 0.15) is 52.6 Å². The maximum Gasteiger partial charge on any atom is 0.130 e. The van der Waals surface area contributed by atoms with Gasteiger partial charge in [-0.3, -0.25) is 0 Å². The Bertz CT molecular complexity index is 499. The van der Waals surface area contributed by atoms with E-state index in [1.54, 1.807) is 0 Å². The Morgan fingerprint density at radius 3 is 2.40 bits per heavy atom. The third-order valence-corrected chi connectivity index (χ3v) is 3.95. The predicted molar refractivity (Wildman–Crippen MR) is 75.6 cm³/mol. The number of benzene rings is 1. The zero-order valence-electron chi connectivity index (χ0n) is 12.8. The van der Waals surface area contributed by atoms with Gasteiger partial charge in [-0.05, 0) is 47.1 Å². The molecule has 1 N–H and O–H groups in total. The predicted octanol–water partition coefficient (Wildman–Crippen LogP) is 3.96. The molecular formula is C16H23F2NO. The topological polar surface area (TPSA) is 21.3 Å². The minimum atomic E-state index is -0.552. The Hall–Kier alpha value is -1.00. The van der Waals surface area contributed by atoms with E-state index in [4.69, 9.17) is 4.74 Å². The summed E-state index contributed by atoms with van der Waals surface area (Å²) in [6, 6.07) is 3.63. The van der Waals surface area contributed by atoms with Gasteiger partial charge in [-0.15, -0.1) is 0 Å². The summed E-state index contributed by atoms with van der Waals surface area (Å²) in [5, 5.41) is 3.41. The van der Waals surface area contributed by atoms with Crippen molar-refractivity contribution in [3.63, 3.8) is 0 Å². The summed E-state index contributed by atoms with van der Waals surface area (Å²) in [6.07, 6.45) is 0.854. The van der Waals surface area contributed by atoms with E-state index < -0.39 is 11.6 Å². The van der Waals surface area contributed by atoms with Crippen molar-refractivity contribution in [2.75, 3.05) is 0 Å². The van der Waals surface area contributed by atoms with Crippen molar-refractivity contribution in [2.24, 2.45) is 0 Å². The first-order valence-corrected chi connectivity index (χ1v) is 7.02. The third-order valence-electron chi connectivity index (χ3n) is 3.95. The number of rotatable bonds is 3. The smallest absolute Gasteiger partial charge is 0.130 e. The van der Waals surface area contributed by atoms with Gasteiger partial charge in [-0.1, -0.05) is 6.07 Å². The van der Waals surface area contributed by atoms with E-state index in [1.165, 1.54) is 12.1 Å². The maximum absolute atomic E-state index is 13.8. The van der Waals surface area contributed by atoms with Gasteiger partial charge >= 0.3 is 0 Å². The lowest BCUT2D eigenvalue weighted by atomic mass is 9.93. The molecular weight excluding hydrogens is 260 g/mol. The first-order valence-electron chi connectivity index (χ1n) is 7.02. The minimum absolute atomic E-state index is 0.122. The number of hydrogen-bond acceptors (Lipinski definition) is 2.